The lowest BCUT2D eigenvalue weighted by Crippen LogP contribution is -2.11. The number of carbonyl (C=O) groups is 3. The summed E-state index contributed by atoms with van der Waals surface area (Å²) in [5.41, 5.74) is 4.87. The van der Waals surface area contributed by atoms with Gasteiger partial charge in [0.05, 0.1) is 0 Å². The molecule has 5 nitrogen and oxygen atoms in total. The third-order valence-corrected chi connectivity index (χ3v) is 4.42. The molecule has 25 heavy (non-hydrogen) atoms. The van der Waals surface area contributed by atoms with Crippen LogP contribution in [-0.4, -0.2) is 22.0 Å². The summed E-state index contributed by atoms with van der Waals surface area (Å²) in [5, 5.41) is 2.89. The van der Waals surface area contributed by atoms with Gasteiger partial charge in [0.25, 0.3) is 0 Å². The first kappa shape index (κ1) is 18.6. The van der Waals surface area contributed by atoms with E-state index in [2.05, 4.69) is 5.32 Å². The van der Waals surface area contributed by atoms with Crippen molar-refractivity contribution in [2.75, 3.05) is 5.32 Å². The Bertz CT molecular complexity index is 838. The zero-order valence-corrected chi connectivity index (χ0v) is 15.6. The van der Waals surface area contributed by atoms with E-state index in [0.717, 1.165) is 28.3 Å². The molecule has 2 aromatic rings. The maximum Gasteiger partial charge on any atom is 0.224 e. The standard InChI is InChI=1S/C20H24N2O3/c1-7-18(25)21-17-10-16(9-8-11(17)2)22-12(3)19(14(5)23)20(13(22)4)15(6)24/h8-10H,7H2,1-6H3,(H,21,25). The van der Waals surface area contributed by atoms with Crippen LogP contribution < -0.4 is 5.32 Å². The van der Waals surface area contributed by atoms with Gasteiger partial charge in [0, 0.05) is 40.3 Å². The van der Waals surface area contributed by atoms with Gasteiger partial charge in [-0.2, -0.15) is 0 Å². The van der Waals surface area contributed by atoms with Crippen molar-refractivity contribution >= 4 is 23.2 Å². The van der Waals surface area contributed by atoms with E-state index in [4.69, 9.17) is 0 Å². The molecule has 132 valence electrons. The molecular weight excluding hydrogens is 316 g/mol. The summed E-state index contributed by atoms with van der Waals surface area (Å²) >= 11 is 0. The average Bonchev–Trinajstić information content (AvgIpc) is 2.80. The molecule has 0 fully saturated rings. The number of carbonyl (C=O) groups excluding carboxylic acids is 3. The smallest absolute Gasteiger partial charge is 0.224 e. The van der Waals surface area contributed by atoms with Gasteiger partial charge in [-0.05, 0) is 52.3 Å². The van der Waals surface area contributed by atoms with Gasteiger partial charge < -0.3 is 9.88 Å². The fraction of sp³-hybridized carbons (Fsp3) is 0.350. The summed E-state index contributed by atoms with van der Waals surface area (Å²) < 4.78 is 1.90. The van der Waals surface area contributed by atoms with Crippen molar-refractivity contribution in [2.45, 2.75) is 48.0 Å². The molecule has 0 saturated heterocycles. The monoisotopic (exact) mass is 340 g/mol. The van der Waals surface area contributed by atoms with E-state index >= 15 is 0 Å². The molecule has 0 radical (unpaired) electrons. The number of Topliss-reactive ketones (excluding diaryl/α,β-unsaturated/α-hetero) is 2. The molecule has 1 heterocycles. The van der Waals surface area contributed by atoms with Crippen molar-refractivity contribution in [3.63, 3.8) is 0 Å². The molecule has 0 bridgehead atoms. The van der Waals surface area contributed by atoms with Crippen molar-refractivity contribution < 1.29 is 14.4 Å². The SMILES string of the molecule is CCC(=O)Nc1cc(-n2c(C)c(C(C)=O)c(C(C)=O)c2C)ccc1C. The zero-order valence-electron chi connectivity index (χ0n) is 15.6. The van der Waals surface area contributed by atoms with Crippen LogP contribution in [0.1, 0.15) is 64.9 Å². The van der Waals surface area contributed by atoms with E-state index in [0.29, 0.717) is 17.5 Å². The molecule has 1 aromatic heterocycles. The first-order valence-corrected chi connectivity index (χ1v) is 8.33. The van der Waals surface area contributed by atoms with Crippen LogP contribution in [0.3, 0.4) is 0 Å². The van der Waals surface area contributed by atoms with Gasteiger partial charge in [-0.1, -0.05) is 13.0 Å². The van der Waals surface area contributed by atoms with E-state index < -0.39 is 0 Å². The van der Waals surface area contributed by atoms with Gasteiger partial charge in [0.15, 0.2) is 11.6 Å². The number of ketones is 2. The highest BCUT2D eigenvalue weighted by Gasteiger charge is 2.24. The maximum atomic E-state index is 12.1. The van der Waals surface area contributed by atoms with E-state index in [1.165, 1.54) is 13.8 Å². The summed E-state index contributed by atoms with van der Waals surface area (Å²) in [7, 11) is 0. The van der Waals surface area contributed by atoms with Crippen molar-refractivity contribution in [3.05, 3.63) is 46.3 Å². The fourth-order valence-electron chi connectivity index (χ4n) is 3.21. The maximum absolute atomic E-state index is 12.1. The lowest BCUT2D eigenvalue weighted by Gasteiger charge is -2.14. The second kappa shape index (κ2) is 7.05. The molecule has 0 atom stereocenters. The summed E-state index contributed by atoms with van der Waals surface area (Å²) in [4.78, 5) is 35.9. The van der Waals surface area contributed by atoms with Crippen molar-refractivity contribution in [1.82, 2.24) is 4.57 Å². The van der Waals surface area contributed by atoms with E-state index in [1.807, 2.05) is 43.5 Å². The molecule has 1 amide bonds. The van der Waals surface area contributed by atoms with Gasteiger partial charge in [0.1, 0.15) is 0 Å². The number of benzene rings is 1. The summed E-state index contributed by atoms with van der Waals surface area (Å²) in [6.45, 7) is 10.3. The van der Waals surface area contributed by atoms with Crippen LogP contribution in [0.15, 0.2) is 18.2 Å². The number of nitrogens with one attached hydrogen (secondary N) is 1. The Labute approximate surface area is 148 Å². The zero-order chi connectivity index (χ0) is 18.9. The normalized spacial score (nSPS) is 10.6. The lowest BCUT2D eigenvalue weighted by atomic mass is 10.0. The Hall–Kier alpha value is -2.69. The molecule has 0 aliphatic heterocycles. The number of rotatable bonds is 5. The molecular formula is C20H24N2O3. The largest absolute Gasteiger partial charge is 0.326 e. The molecule has 0 aliphatic rings. The predicted octanol–water partition coefficient (Wildman–Crippen LogP) is 4.16. The highest BCUT2D eigenvalue weighted by molar-refractivity contribution is 6.09. The van der Waals surface area contributed by atoms with Crippen LogP contribution in [0.5, 0.6) is 0 Å². The number of hydrogen-bond acceptors (Lipinski definition) is 3. The predicted molar refractivity (Wildman–Crippen MR) is 98.9 cm³/mol. The third kappa shape index (κ3) is 3.40. The molecule has 0 aliphatic carbocycles. The van der Waals surface area contributed by atoms with Crippen LogP contribution in [-0.2, 0) is 4.79 Å². The summed E-state index contributed by atoms with van der Waals surface area (Å²) in [6.07, 6.45) is 0.397. The van der Waals surface area contributed by atoms with Crippen LogP contribution in [0, 0.1) is 20.8 Å². The minimum atomic E-state index is -0.129. The molecule has 0 spiro atoms. The van der Waals surface area contributed by atoms with Crippen LogP contribution >= 0.6 is 0 Å². The second-order valence-electron chi connectivity index (χ2n) is 6.27. The van der Waals surface area contributed by atoms with Gasteiger partial charge in [-0.25, -0.2) is 0 Å². The second-order valence-corrected chi connectivity index (χ2v) is 6.27. The Morgan fingerprint density at radius 2 is 1.48 bits per heavy atom. The van der Waals surface area contributed by atoms with Gasteiger partial charge >= 0.3 is 0 Å². The Kier molecular flexibility index (Phi) is 5.26. The van der Waals surface area contributed by atoms with E-state index in [1.54, 1.807) is 6.92 Å². The highest BCUT2D eigenvalue weighted by atomic mass is 16.1. The minimum Gasteiger partial charge on any atom is -0.326 e. The molecule has 0 unspecified atom stereocenters. The average molecular weight is 340 g/mol. The van der Waals surface area contributed by atoms with Crippen molar-refractivity contribution in [3.8, 4) is 5.69 Å². The number of amides is 1. The van der Waals surface area contributed by atoms with E-state index in [-0.39, 0.29) is 17.5 Å². The molecule has 2 rings (SSSR count). The Morgan fingerprint density at radius 1 is 0.960 bits per heavy atom. The quantitative estimate of drug-likeness (QED) is 0.831. The number of aryl methyl sites for hydroxylation is 1. The summed E-state index contributed by atoms with van der Waals surface area (Å²) in [5.74, 6) is -0.317. The molecule has 5 heteroatoms. The van der Waals surface area contributed by atoms with Crippen molar-refractivity contribution in [2.24, 2.45) is 0 Å². The number of nitrogens with zero attached hydrogens (tertiary/aromatic N) is 1. The van der Waals surface area contributed by atoms with Crippen LogP contribution in [0.2, 0.25) is 0 Å². The molecule has 1 N–H and O–H groups in total. The summed E-state index contributed by atoms with van der Waals surface area (Å²) in [6, 6.07) is 5.71. The lowest BCUT2D eigenvalue weighted by molar-refractivity contribution is -0.115. The first-order valence-electron chi connectivity index (χ1n) is 8.33. The Morgan fingerprint density at radius 3 is 1.92 bits per heavy atom. The number of hydrogen-bond donors (Lipinski definition) is 1. The fourth-order valence-corrected chi connectivity index (χ4v) is 3.21. The Balaban J connectivity index is 2.69. The highest BCUT2D eigenvalue weighted by Crippen LogP contribution is 2.29. The minimum absolute atomic E-state index is 0.0601. The molecule has 1 aromatic carbocycles. The number of aromatic nitrogens is 1. The molecule has 0 saturated carbocycles. The number of anilines is 1. The van der Waals surface area contributed by atoms with Gasteiger partial charge in [-0.15, -0.1) is 0 Å². The topological polar surface area (TPSA) is 68.2 Å². The van der Waals surface area contributed by atoms with Crippen molar-refractivity contribution in [1.29, 1.82) is 0 Å². The van der Waals surface area contributed by atoms with Crippen LogP contribution in [0.4, 0.5) is 5.69 Å². The first-order chi connectivity index (χ1) is 11.7. The third-order valence-electron chi connectivity index (χ3n) is 4.42. The van der Waals surface area contributed by atoms with Crippen LogP contribution in [0.25, 0.3) is 5.69 Å². The van der Waals surface area contributed by atoms with E-state index in [9.17, 15) is 14.4 Å². The van der Waals surface area contributed by atoms with Gasteiger partial charge in [-0.3, -0.25) is 14.4 Å². The van der Waals surface area contributed by atoms with Gasteiger partial charge in [0.2, 0.25) is 5.91 Å².